The molecule has 0 atom stereocenters. The highest BCUT2D eigenvalue weighted by molar-refractivity contribution is 6.04. The Morgan fingerprint density at radius 1 is 1.35 bits per heavy atom. The lowest BCUT2D eigenvalue weighted by Gasteiger charge is -2.21. The van der Waals surface area contributed by atoms with Crippen molar-refractivity contribution in [3.05, 3.63) is 47.8 Å². The van der Waals surface area contributed by atoms with Gasteiger partial charge in [0.2, 0.25) is 0 Å². The Hall–Kier alpha value is -2.65. The Labute approximate surface area is 134 Å². The molecule has 0 bridgehead atoms. The van der Waals surface area contributed by atoms with Crippen molar-refractivity contribution in [2.45, 2.75) is 19.4 Å². The van der Waals surface area contributed by atoms with Gasteiger partial charge in [0.15, 0.2) is 0 Å². The molecular weight excluding hydrogens is 292 g/mol. The number of hydrogen-bond donors (Lipinski definition) is 1. The fourth-order valence-electron chi connectivity index (χ4n) is 2.62. The van der Waals surface area contributed by atoms with Gasteiger partial charge in [-0.05, 0) is 43.0 Å². The maximum atomic E-state index is 12.2. The van der Waals surface area contributed by atoms with Crippen molar-refractivity contribution in [2.75, 3.05) is 18.5 Å². The van der Waals surface area contributed by atoms with Gasteiger partial charge in [-0.2, -0.15) is 10.4 Å². The van der Waals surface area contributed by atoms with Crippen LogP contribution in [0, 0.1) is 17.2 Å². The number of amides is 1. The number of aromatic nitrogens is 2. The molecule has 2 heterocycles. The molecule has 1 fully saturated rings. The van der Waals surface area contributed by atoms with Crippen LogP contribution >= 0.6 is 0 Å². The predicted octanol–water partition coefficient (Wildman–Crippen LogP) is 2.43. The van der Waals surface area contributed by atoms with Crippen molar-refractivity contribution in [1.29, 1.82) is 5.26 Å². The Bertz CT molecular complexity index is 709. The summed E-state index contributed by atoms with van der Waals surface area (Å²) in [6.07, 6.45) is 5.59. The van der Waals surface area contributed by atoms with Crippen LogP contribution < -0.4 is 5.32 Å². The average Bonchev–Trinajstić information content (AvgIpc) is 3.02. The zero-order chi connectivity index (χ0) is 16.1. The molecule has 1 amide bonds. The molecule has 23 heavy (non-hydrogen) atoms. The number of rotatable bonds is 4. The first-order valence-corrected chi connectivity index (χ1v) is 7.66. The van der Waals surface area contributed by atoms with Gasteiger partial charge in [0, 0.05) is 31.5 Å². The first kappa shape index (κ1) is 15.3. The third-order valence-corrected chi connectivity index (χ3v) is 3.95. The minimum absolute atomic E-state index is 0.208. The molecule has 3 rings (SSSR count). The summed E-state index contributed by atoms with van der Waals surface area (Å²) in [5.41, 5.74) is 1.72. The molecule has 1 aliphatic rings. The van der Waals surface area contributed by atoms with Crippen LogP contribution in [0.3, 0.4) is 0 Å². The monoisotopic (exact) mass is 310 g/mol. The number of carbonyl (C=O) groups excluding carboxylic acids is 1. The van der Waals surface area contributed by atoms with Crippen LogP contribution in [-0.4, -0.2) is 28.9 Å². The maximum Gasteiger partial charge on any atom is 0.255 e. The van der Waals surface area contributed by atoms with Gasteiger partial charge in [0.1, 0.15) is 0 Å². The zero-order valence-electron chi connectivity index (χ0n) is 12.7. The van der Waals surface area contributed by atoms with Gasteiger partial charge < -0.3 is 10.1 Å². The first-order chi connectivity index (χ1) is 11.2. The Balaban J connectivity index is 1.59. The van der Waals surface area contributed by atoms with Crippen molar-refractivity contribution in [2.24, 2.45) is 5.92 Å². The smallest absolute Gasteiger partial charge is 0.255 e. The lowest BCUT2D eigenvalue weighted by Crippen LogP contribution is -2.20. The second kappa shape index (κ2) is 7.07. The molecule has 0 radical (unpaired) electrons. The van der Waals surface area contributed by atoms with E-state index in [-0.39, 0.29) is 5.91 Å². The Morgan fingerprint density at radius 2 is 2.09 bits per heavy atom. The molecule has 0 unspecified atom stereocenters. The third kappa shape index (κ3) is 3.96. The normalized spacial score (nSPS) is 15.1. The lowest BCUT2D eigenvalue weighted by atomic mass is 10.0. The number of carbonyl (C=O) groups is 1. The third-order valence-electron chi connectivity index (χ3n) is 3.95. The number of anilines is 1. The highest BCUT2D eigenvalue weighted by atomic mass is 16.5. The molecule has 1 aromatic heterocycles. The van der Waals surface area contributed by atoms with E-state index in [0.717, 1.165) is 32.6 Å². The molecule has 0 aliphatic carbocycles. The summed E-state index contributed by atoms with van der Waals surface area (Å²) in [7, 11) is 0. The SMILES string of the molecule is N#Cc1ccc(C(=O)Nc2cnn(CC3CCOCC3)c2)cc1. The molecule has 1 saturated heterocycles. The number of nitriles is 1. The van der Waals surface area contributed by atoms with Gasteiger partial charge in [0.25, 0.3) is 5.91 Å². The van der Waals surface area contributed by atoms with Crippen LogP contribution in [0.1, 0.15) is 28.8 Å². The number of nitrogens with zero attached hydrogens (tertiary/aromatic N) is 3. The molecular formula is C17H18N4O2. The lowest BCUT2D eigenvalue weighted by molar-refractivity contribution is 0.0601. The fraction of sp³-hybridized carbons (Fsp3) is 0.353. The molecule has 6 nitrogen and oxygen atoms in total. The number of ether oxygens (including phenoxy) is 1. The van der Waals surface area contributed by atoms with Gasteiger partial charge in [-0.1, -0.05) is 0 Å². The standard InChI is InChI=1S/C17H18N4O2/c18-9-13-1-3-15(4-2-13)17(22)20-16-10-19-21(12-16)11-14-5-7-23-8-6-14/h1-4,10,12,14H,5-8,11H2,(H,20,22). The first-order valence-electron chi connectivity index (χ1n) is 7.66. The Kier molecular flexibility index (Phi) is 4.69. The van der Waals surface area contributed by atoms with Gasteiger partial charge in [-0.25, -0.2) is 0 Å². The molecule has 0 saturated carbocycles. The maximum absolute atomic E-state index is 12.2. The van der Waals surface area contributed by atoms with Gasteiger partial charge in [-0.15, -0.1) is 0 Å². The summed E-state index contributed by atoms with van der Waals surface area (Å²) in [6.45, 7) is 2.47. The second-order valence-electron chi connectivity index (χ2n) is 5.65. The van der Waals surface area contributed by atoms with Gasteiger partial charge in [0.05, 0.1) is 23.5 Å². The summed E-state index contributed by atoms with van der Waals surface area (Å²) in [5.74, 6) is 0.367. The van der Waals surface area contributed by atoms with E-state index in [1.807, 2.05) is 16.9 Å². The molecule has 118 valence electrons. The van der Waals surface area contributed by atoms with Crippen molar-refractivity contribution in [1.82, 2.24) is 9.78 Å². The highest BCUT2D eigenvalue weighted by Gasteiger charge is 2.15. The minimum Gasteiger partial charge on any atom is -0.381 e. The van der Waals surface area contributed by atoms with Crippen molar-refractivity contribution < 1.29 is 9.53 Å². The summed E-state index contributed by atoms with van der Waals surface area (Å²) in [4.78, 5) is 12.2. The minimum atomic E-state index is -0.208. The van der Waals surface area contributed by atoms with Gasteiger partial charge >= 0.3 is 0 Å². The summed E-state index contributed by atoms with van der Waals surface area (Å²) < 4.78 is 7.22. The van der Waals surface area contributed by atoms with E-state index in [4.69, 9.17) is 10.00 Å². The second-order valence-corrected chi connectivity index (χ2v) is 5.65. The van der Waals surface area contributed by atoms with E-state index in [1.54, 1.807) is 30.5 Å². The van der Waals surface area contributed by atoms with E-state index in [0.29, 0.717) is 22.7 Å². The van der Waals surface area contributed by atoms with Crippen LogP contribution in [0.5, 0.6) is 0 Å². The van der Waals surface area contributed by atoms with E-state index in [2.05, 4.69) is 10.4 Å². The average molecular weight is 310 g/mol. The summed E-state index contributed by atoms with van der Waals surface area (Å²) >= 11 is 0. The topological polar surface area (TPSA) is 79.9 Å². The van der Waals surface area contributed by atoms with Crippen molar-refractivity contribution in [3.8, 4) is 6.07 Å². The largest absolute Gasteiger partial charge is 0.381 e. The highest BCUT2D eigenvalue weighted by Crippen LogP contribution is 2.17. The molecule has 2 aromatic rings. The van der Waals surface area contributed by atoms with Gasteiger partial charge in [-0.3, -0.25) is 9.48 Å². The van der Waals surface area contributed by atoms with E-state index in [1.165, 1.54) is 0 Å². The molecule has 1 aromatic carbocycles. The van der Waals surface area contributed by atoms with Crippen LogP contribution in [-0.2, 0) is 11.3 Å². The molecule has 1 N–H and O–H groups in total. The zero-order valence-corrected chi connectivity index (χ0v) is 12.7. The predicted molar refractivity (Wildman–Crippen MR) is 84.9 cm³/mol. The van der Waals surface area contributed by atoms with Crippen molar-refractivity contribution in [3.63, 3.8) is 0 Å². The van der Waals surface area contributed by atoms with Crippen LogP contribution in [0.2, 0.25) is 0 Å². The van der Waals surface area contributed by atoms with E-state index in [9.17, 15) is 4.79 Å². The molecule has 0 spiro atoms. The van der Waals surface area contributed by atoms with Crippen LogP contribution in [0.4, 0.5) is 5.69 Å². The van der Waals surface area contributed by atoms with Crippen LogP contribution in [0.25, 0.3) is 0 Å². The molecule has 6 heteroatoms. The summed E-state index contributed by atoms with van der Waals surface area (Å²) in [5, 5.41) is 15.9. The quantitative estimate of drug-likeness (QED) is 0.940. The van der Waals surface area contributed by atoms with E-state index >= 15 is 0 Å². The number of hydrogen-bond acceptors (Lipinski definition) is 4. The summed E-state index contributed by atoms with van der Waals surface area (Å²) in [6, 6.07) is 8.57. The van der Waals surface area contributed by atoms with E-state index < -0.39 is 0 Å². The fourth-order valence-corrected chi connectivity index (χ4v) is 2.62. The van der Waals surface area contributed by atoms with Crippen LogP contribution in [0.15, 0.2) is 36.7 Å². The Morgan fingerprint density at radius 3 is 2.78 bits per heavy atom. The van der Waals surface area contributed by atoms with Crippen molar-refractivity contribution >= 4 is 11.6 Å². The molecule has 1 aliphatic heterocycles. The number of benzene rings is 1. The number of nitrogens with one attached hydrogen (secondary N) is 1.